The van der Waals surface area contributed by atoms with E-state index in [9.17, 15) is 14.4 Å². The summed E-state index contributed by atoms with van der Waals surface area (Å²) in [7, 11) is 0. The Kier molecular flexibility index (Phi) is 3.04. The van der Waals surface area contributed by atoms with Gasteiger partial charge in [0.15, 0.2) is 0 Å². The average Bonchev–Trinajstić information content (AvgIpc) is 3.25. The van der Waals surface area contributed by atoms with Crippen molar-refractivity contribution < 1.29 is 14.4 Å². The van der Waals surface area contributed by atoms with Crippen LogP contribution < -0.4 is 5.32 Å². The average molecular weight is 272 g/mol. The van der Waals surface area contributed by atoms with E-state index in [2.05, 4.69) is 5.32 Å². The number of nitrogens with one attached hydrogen (secondary N) is 1. The summed E-state index contributed by atoms with van der Waals surface area (Å²) in [6.45, 7) is 1.75. The molecule has 0 aromatic heterocycles. The van der Waals surface area contributed by atoms with Crippen molar-refractivity contribution in [3.8, 4) is 0 Å². The van der Waals surface area contributed by atoms with Gasteiger partial charge < -0.3 is 5.32 Å². The van der Waals surface area contributed by atoms with E-state index in [-0.39, 0.29) is 30.3 Å². The molecule has 0 spiro atoms. The SMILES string of the molecule is CC(NC(=O)CN1C(=O)c2ccccc2C1=O)C1CC1. The number of benzene rings is 1. The minimum atomic E-state index is -0.389. The van der Waals surface area contributed by atoms with Gasteiger partial charge in [-0.3, -0.25) is 19.3 Å². The number of amides is 3. The summed E-state index contributed by atoms with van der Waals surface area (Å²) in [6, 6.07) is 6.75. The van der Waals surface area contributed by atoms with E-state index in [1.54, 1.807) is 24.3 Å². The Labute approximate surface area is 116 Å². The number of hydrogen-bond acceptors (Lipinski definition) is 3. The zero-order chi connectivity index (χ0) is 14.3. The van der Waals surface area contributed by atoms with Gasteiger partial charge >= 0.3 is 0 Å². The second-order valence-corrected chi connectivity index (χ2v) is 5.44. The van der Waals surface area contributed by atoms with Gasteiger partial charge in [0, 0.05) is 6.04 Å². The fraction of sp³-hybridized carbons (Fsp3) is 0.400. The summed E-state index contributed by atoms with van der Waals surface area (Å²) in [5.74, 6) is -0.514. The van der Waals surface area contributed by atoms with Crippen LogP contribution in [-0.2, 0) is 4.79 Å². The number of imide groups is 1. The molecular weight excluding hydrogens is 256 g/mol. The molecular formula is C15H16N2O3. The molecule has 1 aliphatic carbocycles. The maximum atomic E-state index is 12.1. The van der Waals surface area contributed by atoms with Crippen LogP contribution in [0.1, 0.15) is 40.5 Å². The molecule has 0 radical (unpaired) electrons. The number of rotatable bonds is 4. The predicted molar refractivity (Wildman–Crippen MR) is 72.1 cm³/mol. The topological polar surface area (TPSA) is 66.5 Å². The normalized spacial score (nSPS) is 18.9. The first kappa shape index (κ1) is 12.8. The molecule has 1 aromatic carbocycles. The maximum Gasteiger partial charge on any atom is 0.262 e. The lowest BCUT2D eigenvalue weighted by molar-refractivity contribution is -0.122. The predicted octanol–water partition coefficient (Wildman–Crippen LogP) is 1.20. The first-order chi connectivity index (χ1) is 9.58. The van der Waals surface area contributed by atoms with Crippen LogP contribution in [0.3, 0.4) is 0 Å². The first-order valence-electron chi connectivity index (χ1n) is 6.82. The second-order valence-electron chi connectivity index (χ2n) is 5.44. The van der Waals surface area contributed by atoms with Crippen LogP contribution in [0.25, 0.3) is 0 Å². The summed E-state index contributed by atoms with van der Waals surface area (Å²) < 4.78 is 0. The third-order valence-corrected chi connectivity index (χ3v) is 3.90. The first-order valence-corrected chi connectivity index (χ1v) is 6.82. The summed E-state index contributed by atoms with van der Waals surface area (Å²) in [6.07, 6.45) is 2.27. The van der Waals surface area contributed by atoms with Gasteiger partial charge in [-0.1, -0.05) is 12.1 Å². The molecule has 20 heavy (non-hydrogen) atoms. The Balaban J connectivity index is 1.68. The van der Waals surface area contributed by atoms with Crippen molar-refractivity contribution in [3.05, 3.63) is 35.4 Å². The third-order valence-electron chi connectivity index (χ3n) is 3.90. The van der Waals surface area contributed by atoms with E-state index >= 15 is 0 Å². The maximum absolute atomic E-state index is 12.1. The van der Waals surface area contributed by atoms with Gasteiger partial charge in [0.1, 0.15) is 6.54 Å². The molecule has 0 bridgehead atoms. The zero-order valence-electron chi connectivity index (χ0n) is 11.3. The number of carbonyl (C=O) groups is 3. The molecule has 3 rings (SSSR count). The van der Waals surface area contributed by atoms with Gasteiger partial charge in [-0.25, -0.2) is 0 Å². The second kappa shape index (κ2) is 4.74. The van der Waals surface area contributed by atoms with Crippen molar-refractivity contribution in [1.82, 2.24) is 10.2 Å². The number of carbonyl (C=O) groups excluding carboxylic acids is 3. The van der Waals surface area contributed by atoms with Crippen LogP contribution in [0.2, 0.25) is 0 Å². The van der Waals surface area contributed by atoms with E-state index in [4.69, 9.17) is 0 Å². The van der Waals surface area contributed by atoms with Gasteiger partial charge in [0.05, 0.1) is 11.1 Å². The van der Waals surface area contributed by atoms with Gasteiger partial charge in [-0.15, -0.1) is 0 Å². The molecule has 1 saturated carbocycles. The molecule has 1 fully saturated rings. The molecule has 1 unspecified atom stereocenters. The molecule has 5 heteroatoms. The summed E-state index contributed by atoms with van der Waals surface area (Å²) in [5, 5.41) is 2.85. The van der Waals surface area contributed by atoms with Crippen LogP contribution >= 0.6 is 0 Å². The summed E-state index contributed by atoms with van der Waals surface area (Å²) in [4.78, 5) is 37.1. The standard InChI is InChI=1S/C15H16N2O3/c1-9(10-6-7-10)16-13(18)8-17-14(19)11-4-2-3-5-12(11)15(17)20/h2-5,9-10H,6-8H2,1H3,(H,16,18). The molecule has 1 N–H and O–H groups in total. The Morgan fingerprint density at radius 2 is 1.80 bits per heavy atom. The highest BCUT2D eigenvalue weighted by atomic mass is 16.2. The van der Waals surface area contributed by atoms with E-state index in [0.717, 1.165) is 17.7 Å². The Hall–Kier alpha value is -2.17. The fourth-order valence-corrected chi connectivity index (χ4v) is 2.54. The van der Waals surface area contributed by atoms with E-state index in [1.807, 2.05) is 6.92 Å². The van der Waals surface area contributed by atoms with E-state index < -0.39 is 0 Å². The Morgan fingerprint density at radius 1 is 1.25 bits per heavy atom. The largest absolute Gasteiger partial charge is 0.352 e. The van der Waals surface area contributed by atoms with Gasteiger partial charge in [-0.2, -0.15) is 0 Å². The highest BCUT2D eigenvalue weighted by molar-refractivity contribution is 6.22. The van der Waals surface area contributed by atoms with Crippen molar-refractivity contribution in [2.24, 2.45) is 5.92 Å². The minimum absolute atomic E-state index is 0.109. The molecule has 1 atom stereocenters. The molecule has 104 valence electrons. The fourth-order valence-electron chi connectivity index (χ4n) is 2.54. The van der Waals surface area contributed by atoms with Crippen LogP contribution in [0, 0.1) is 5.92 Å². The van der Waals surface area contributed by atoms with Crippen molar-refractivity contribution in [1.29, 1.82) is 0 Å². The zero-order valence-corrected chi connectivity index (χ0v) is 11.3. The van der Waals surface area contributed by atoms with Gasteiger partial charge in [-0.05, 0) is 37.8 Å². The smallest absolute Gasteiger partial charge is 0.262 e. The highest BCUT2D eigenvalue weighted by Gasteiger charge is 2.37. The number of fused-ring (bicyclic) bond motifs is 1. The van der Waals surface area contributed by atoms with E-state index in [0.29, 0.717) is 17.0 Å². The lowest BCUT2D eigenvalue weighted by Gasteiger charge is -2.17. The van der Waals surface area contributed by atoms with E-state index in [1.165, 1.54) is 0 Å². The van der Waals surface area contributed by atoms with Crippen molar-refractivity contribution in [2.75, 3.05) is 6.54 Å². The highest BCUT2D eigenvalue weighted by Crippen LogP contribution is 2.32. The van der Waals surface area contributed by atoms with Crippen molar-refractivity contribution >= 4 is 17.7 Å². The van der Waals surface area contributed by atoms with Crippen LogP contribution in [-0.4, -0.2) is 35.2 Å². The Morgan fingerprint density at radius 3 is 2.30 bits per heavy atom. The molecule has 1 heterocycles. The van der Waals surface area contributed by atoms with Gasteiger partial charge in [0.2, 0.25) is 5.91 Å². The lowest BCUT2D eigenvalue weighted by Crippen LogP contribution is -2.43. The quantitative estimate of drug-likeness (QED) is 0.837. The number of nitrogens with zero attached hydrogens (tertiary/aromatic N) is 1. The molecule has 5 nitrogen and oxygen atoms in total. The minimum Gasteiger partial charge on any atom is -0.352 e. The monoisotopic (exact) mass is 272 g/mol. The molecule has 1 aromatic rings. The summed E-state index contributed by atoms with van der Waals surface area (Å²) in [5.41, 5.74) is 0.751. The Bertz CT molecular complexity index is 558. The van der Waals surface area contributed by atoms with Crippen LogP contribution in [0.4, 0.5) is 0 Å². The van der Waals surface area contributed by atoms with Crippen LogP contribution in [0.5, 0.6) is 0 Å². The third kappa shape index (κ3) is 2.19. The molecule has 2 aliphatic rings. The van der Waals surface area contributed by atoms with Crippen LogP contribution in [0.15, 0.2) is 24.3 Å². The molecule has 1 aliphatic heterocycles. The van der Waals surface area contributed by atoms with Crippen molar-refractivity contribution in [3.63, 3.8) is 0 Å². The molecule has 3 amide bonds. The lowest BCUT2D eigenvalue weighted by atomic mass is 10.1. The molecule has 0 saturated heterocycles. The van der Waals surface area contributed by atoms with Gasteiger partial charge in [0.25, 0.3) is 11.8 Å². The van der Waals surface area contributed by atoms with Crippen molar-refractivity contribution in [2.45, 2.75) is 25.8 Å². The summed E-state index contributed by atoms with van der Waals surface area (Å²) >= 11 is 0. The number of hydrogen-bond donors (Lipinski definition) is 1.